The van der Waals surface area contributed by atoms with Crippen LogP contribution in [0.25, 0.3) is 17.0 Å². The van der Waals surface area contributed by atoms with Gasteiger partial charge in [0.25, 0.3) is 0 Å². The molecule has 0 bridgehead atoms. The van der Waals surface area contributed by atoms with Crippen LogP contribution in [-0.2, 0) is 4.79 Å². The first-order chi connectivity index (χ1) is 13.2. The zero-order valence-electron chi connectivity index (χ0n) is 15.0. The largest absolute Gasteiger partial charge is 0.324 e. The first kappa shape index (κ1) is 18.5. The van der Waals surface area contributed by atoms with E-state index in [2.05, 4.69) is 16.9 Å². The molecule has 0 atom stereocenters. The molecule has 3 nitrogen and oxygen atoms in total. The van der Waals surface area contributed by atoms with Crippen LogP contribution in [0, 0.1) is 5.82 Å². The van der Waals surface area contributed by atoms with E-state index < -0.39 is 0 Å². The number of benzene rings is 2. The van der Waals surface area contributed by atoms with E-state index in [0.717, 1.165) is 22.0 Å². The average molecular weight is 360 g/mol. The van der Waals surface area contributed by atoms with Crippen LogP contribution in [0.3, 0.4) is 0 Å². The lowest BCUT2D eigenvalue weighted by atomic mass is 10.0. The SMILES string of the molecule is C=CC/C(=C/c1ccc(F)cc1)CCC(=O)Nc1cccc2cccnc12. The van der Waals surface area contributed by atoms with Crippen molar-refractivity contribution in [1.82, 2.24) is 4.98 Å². The maximum atomic E-state index is 13.0. The van der Waals surface area contributed by atoms with Crippen LogP contribution >= 0.6 is 0 Å². The van der Waals surface area contributed by atoms with E-state index >= 15 is 0 Å². The predicted octanol–water partition coefficient (Wildman–Crippen LogP) is 5.75. The number of allylic oxidation sites excluding steroid dienone is 2. The van der Waals surface area contributed by atoms with Gasteiger partial charge in [-0.1, -0.05) is 48.1 Å². The molecular weight excluding hydrogens is 339 g/mol. The second-order valence-electron chi connectivity index (χ2n) is 6.28. The van der Waals surface area contributed by atoms with Gasteiger partial charge in [-0.3, -0.25) is 9.78 Å². The topological polar surface area (TPSA) is 42.0 Å². The van der Waals surface area contributed by atoms with Crippen LogP contribution in [0.2, 0.25) is 0 Å². The molecule has 1 amide bonds. The fourth-order valence-electron chi connectivity index (χ4n) is 2.91. The molecular formula is C23H21FN2O. The highest BCUT2D eigenvalue weighted by atomic mass is 19.1. The van der Waals surface area contributed by atoms with E-state index in [1.807, 2.05) is 42.5 Å². The fraction of sp³-hybridized carbons (Fsp3) is 0.130. The summed E-state index contributed by atoms with van der Waals surface area (Å²) in [5, 5.41) is 3.93. The average Bonchev–Trinajstić information content (AvgIpc) is 2.68. The number of nitrogens with zero attached hydrogens (tertiary/aromatic N) is 1. The van der Waals surface area contributed by atoms with Gasteiger partial charge in [0.05, 0.1) is 11.2 Å². The molecule has 3 aromatic rings. The Bertz CT molecular complexity index is 972. The molecule has 136 valence electrons. The molecule has 2 aromatic carbocycles. The van der Waals surface area contributed by atoms with E-state index in [1.165, 1.54) is 12.1 Å². The molecule has 1 aromatic heterocycles. The standard InChI is InChI=1S/C23H21FN2O/c1-2-5-17(16-18-9-12-20(24)13-10-18)11-14-22(27)26-21-8-3-6-19-7-4-15-25-23(19)21/h2-4,6-10,12-13,15-16H,1,5,11,14H2,(H,26,27)/b17-16-. The van der Waals surface area contributed by atoms with E-state index in [-0.39, 0.29) is 11.7 Å². The normalized spacial score (nSPS) is 11.4. The molecule has 0 spiro atoms. The van der Waals surface area contributed by atoms with Crippen molar-refractivity contribution in [1.29, 1.82) is 0 Å². The number of halogens is 1. The third-order valence-corrected chi connectivity index (χ3v) is 4.23. The van der Waals surface area contributed by atoms with Crippen LogP contribution in [0.1, 0.15) is 24.8 Å². The van der Waals surface area contributed by atoms with Crippen LogP contribution in [-0.4, -0.2) is 10.9 Å². The van der Waals surface area contributed by atoms with Crippen molar-refractivity contribution >= 4 is 28.6 Å². The van der Waals surface area contributed by atoms with E-state index in [9.17, 15) is 9.18 Å². The first-order valence-electron chi connectivity index (χ1n) is 8.85. The summed E-state index contributed by atoms with van der Waals surface area (Å²) in [4.78, 5) is 16.8. The van der Waals surface area contributed by atoms with E-state index in [1.54, 1.807) is 18.3 Å². The Kier molecular flexibility index (Phi) is 6.10. The lowest BCUT2D eigenvalue weighted by Gasteiger charge is -2.09. The van der Waals surface area contributed by atoms with E-state index in [4.69, 9.17) is 0 Å². The molecule has 4 heteroatoms. The lowest BCUT2D eigenvalue weighted by molar-refractivity contribution is -0.116. The summed E-state index contributed by atoms with van der Waals surface area (Å²) in [6, 6.07) is 15.9. The molecule has 0 unspecified atom stereocenters. The summed E-state index contributed by atoms with van der Waals surface area (Å²) in [5.74, 6) is -0.331. The van der Waals surface area contributed by atoms with Gasteiger partial charge in [-0.25, -0.2) is 4.39 Å². The molecule has 0 saturated heterocycles. The number of carbonyl (C=O) groups excluding carboxylic acids is 1. The summed E-state index contributed by atoms with van der Waals surface area (Å²) in [6.45, 7) is 3.78. The number of aromatic nitrogens is 1. The number of pyridine rings is 1. The van der Waals surface area contributed by atoms with Gasteiger partial charge < -0.3 is 5.32 Å². The van der Waals surface area contributed by atoms with Crippen LogP contribution in [0.4, 0.5) is 10.1 Å². The molecule has 27 heavy (non-hydrogen) atoms. The third kappa shape index (κ3) is 5.11. The summed E-state index contributed by atoms with van der Waals surface area (Å²) in [7, 11) is 0. The first-order valence-corrected chi connectivity index (χ1v) is 8.85. The third-order valence-electron chi connectivity index (χ3n) is 4.23. The molecule has 0 aliphatic heterocycles. The lowest BCUT2D eigenvalue weighted by Crippen LogP contribution is -2.12. The van der Waals surface area contributed by atoms with Crippen LogP contribution in [0.5, 0.6) is 0 Å². The summed E-state index contributed by atoms with van der Waals surface area (Å²) < 4.78 is 13.0. The quantitative estimate of drug-likeness (QED) is 0.545. The zero-order chi connectivity index (χ0) is 19.1. The predicted molar refractivity (Wildman–Crippen MR) is 109 cm³/mol. The molecule has 0 radical (unpaired) electrons. The van der Waals surface area contributed by atoms with Gasteiger partial charge in [-0.2, -0.15) is 0 Å². The molecule has 0 aliphatic carbocycles. The number of fused-ring (bicyclic) bond motifs is 1. The molecule has 1 heterocycles. The van der Waals surface area contributed by atoms with Gasteiger partial charge in [0.15, 0.2) is 0 Å². The number of rotatable bonds is 7. The summed E-state index contributed by atoms with van der Waals surface area (Å²) in [6.07, 6.45) is 7.14. The number of carbonyl (C=O) groups is 1. The Morgan fingerprint density at radius 1 is 1.07 bits per heavy atom. The zero-order valence-corrected chi connectivity index (χ0v) is 15.0. The Morgan fingerprint density at radius 2 is 1.85 bits per heavy atom. The number of para-hydroxylation sites is 1. The second-order valence-corrected chi connectivity index (χ2v) is 6.28. The maximum Gasteiger partial charge on any atom is 0.224 e. The van der Waals surface area contributed by atoms with Crippen LogP contribution < -0.4 is 5.32 Å². The van der Waals surface area contributed by atoms with Gasteiger partial charge in [0.1, 0.15) is 5.82 Å². The smallest absolute Gasteiger partial charge is 0.224 e. The van der Waals surface area contributed by atoms with Crippen molar-refractivity contribution in [2.45, 2.75) is 19.3 Å². The van der Waals surface area contributed by atoms with Crippen LogP contribution in [0.15, 0.2) is 79.0 Å². The minimum absolute atomic E-state index is 0.0674. The highest BCUT2D eigenvalue weighted by Crippen LogP contribution is 2.22. The maximum absolute atomic E-state index is 13.0. The Morgan fingerprint density at radius 3 is 2.63 bits per heavy atom. The van der Waals surface area contributed by atoms with Gasteiger partial charge in [0, 0.05) is 18.0 Å². The van der Waals surface area contributed by atoms with Crippen molar-refractivity contribution in [3.05, 3.63) is 90.4 Å². The van der Waals surface area contributed by atoms with Crippen molar-refractivity contribution in [3.63, 3.8) is 0 Å². The van der Waals surface area contributed by atoms with Gasteiger partial charge >= 0.3 is 0 Å². The van der Waals surface area contributed by atoms with Gasteiger partial charge in [-0.15, -0.1) is 6.58 Å². The number of amides is 1. The minimum atomic E-state index is -0.263. The summed E-state index contributed by atoms with van der Waals surface area (Å²) >= 11 is 0. The summed E-state index contributed by atoms with van der Waals surface area (Å²) in [5.41, 5.74) is 3.47. The molecule has 0 fully saturated rings. The van der Waals surface area contributed by atoms with Crippen molar-refractivity contribution < 1.29 is 9.18 Å². The minimum Gasteiger partial charge on any atom is -0.324 e. The van der Waals surface area contributed by atoms with Gasteiger partial charge in [-0.05, 0) is 42.7 Å². The molecule has 1 N–H and O–H groups in total. The highest BCUT2D eigenvalue weighted by molar-refractivity contribution is 6.00. The molecule has 0 saturated carbocycles. The second kappa shape index (κ2) is 8.90. The fourth-order valence-corrected chi connectivity index (χ4v) is 2.91. The number of hydrogen-bond acceptors (Lipinski definition) is 2. The monoisotopic (exact) mass is 360 g/mol. The van der Waals surface area contributed by atoms with Gasteiger partial charge in [0.2, 0.25) is 5.91 Å². The highest BCUT2D eigenvalue weighted by Gasteiger charge is 2.08. The molecule has 3 rings (SSSR count). The molecule has 0 aliphatic rings. The van der Waals surface area contributed by atoms with Crippen molar-refractivity contribution in [2.24, 2.45) is 0 Å². The Balaban J connectivity index is 1.67. The van der Waals surface area contributed by atoms with Crippen molar-refractivity contribution in [3.8, 4) is 0 Å². The Hall–Kier alpha value is -3.27. The number of anilines is 1. The Labute approximate surface area is 158 Å². The number of nitrogens with one attached hydrogen (secondary N) is 1. The number of hydrogen-bond donors (Lipinski definition) is 1. The van der Waals surface area contributed by atoms with E-state index in [0.29, 0.717) is 24.9 Å². The van der Waals surface area contributed by atoms with Crippen molar-refractivity contribution in [2.75, 3.05) is 5.32 Å².